The molecule has 130 valence electrons. The minimum atomic E-state index is -0.915. The van der Waals surface area contributed by atoms with Crippen LogP contribution in [0.4, 0.5) is 0 Å². The zero-order valence-corrected chi connectivity index (χ0v) is 14.5. The quantitative estimate of drug-likeness (QED) is 0.452. The maximum Gasteiger partial charge on any atom is 0.357 e. The molecular weight excluding hydrogens is 310 g/mol. The molecule has 1 saturated carbocycles. The number of benzene rings is 1. The van der Waals surface area contributed by atoms with Crippen LogP contribution < -0.4 is 0 Å². The molecule has 6 nitrogen and oxygen atoms in total. The summed E-state index contributed by atoms with van der Waals surface area (Å²) in [5, 5.41) is 1.27. The van der Waals surface area contributed by atoms with Crippen LogP contribution in [0.15, 0.2) is 30.3 Å². The van der Waals surface area contributed by atoms with Crippen LogP contribution in [0.25, 0.3) is 0 Å². The third-order valence-electron chi connectivity index (χ3n) is 3.80. The topological polar surface area (TPSA) is 72.9 Å². The first kappa shape index (κ1) is 18.1. The van der Waals surface area contributed by atoms with E-state index in [9.17, 15) is 14.4 Å². The number of hydrogen-bond donors (Lipinski definition) is 0. The molecule has 1 aliphatic carbocycles. The lowest BCUT2D eigenvalue weighted by Gasteiger charge is -2.26. The van der Waals surface area contributed by atoms with Gasteiger partial charge in [-0.05, 0) is 45.7 Å². The molecule has 0 spiro atoms. The Morgan fingerprint density at radius 3 is 2.21 bits per heavy atom. The second-order valence-corrected chi connectivity index (χ2v) is 6.96. The summed E-state index contributed by atoms with van der Waals surface area (Å²) >= 11 is 0. The van der Waals surface area contributed by atoms with E-state index in [2.05, 4.69) is 0 Å². The van der Waals surface area contributed by atoms with E-state index in [0.717, 1.165) is 0 Å². The first-order chi connectivity index (χ1) is 11.1. The van der Waals surface area contributed by atoms with Gasteiger partial charge in [-0.2, -0.15) is 0 Å². The van der Waals surface area contributed by atoms with Gasteiger partial charge in [0.25, 0.3) is 0 Å². The van der Waals surface area contributed by atoms with Crippen LogP contribution in [0, 0.1) is 0 Å². The summed E-state index contributed by atoms with van der Waals surface area (Å²) in [7, 11) is 1.54. The van der Waals surface area contributed by atoms with E-state index in [-0.39, 0.29) is 12.2 Å². The Balaban J connectivity index is 1.96. The summed E-state index contributed by atoms with van der Waals surface area (Å²) < 4.78 is 5.18. The number of carbonyl (C=O) groups is 3. The predicted molar refractivity (Wildman–Crippen MR) is 87.1 cm³/mol. The molecular formula is C18H23NO5. The van der Waals surface area contributed by atoms with Crippen molar-refractivity contribution in [2.24, 2.45) is 0 Å². The Labute approximate surface area is 141 Å². The molecule has 1 aliphatic rings. The van der Waals surface area contributed by atoms with Crippen LogP contribution in [-0.2, 0) is 19.2 Å². The molecule has 0 atom stereocenters. The molecule has 0 bridgehead atoms. The molecule has 0 aromatic heterocycles. The fourth-order valence-electron chi connectivity index (χ4n) is 2.40. The van der Waals surface area contributed by atoms with Crippen molar-refractivity contribution < 1.29 is 24.0 Å². The van der Waals surface area contributed by atoms with Crippen molar-refractivity contribution in [2.75, 3.05) is 7.05 Å². The molecule has 0 N–H and O–H groups in total. The number of nitrogens with zero attached hydrogens (tertiary/aromatic N) is 1. The van der Waals surface area contributed by atoms with Gasteiger partial charge in [-0.15, -0.1) is 5.06 Å². The van der Waals surface area contributed by atoms with Gasteiger partial charge in [0.15, 0.2) is 5.78 Å². The lowest BCUT2D eigenvalue weighted by molar-refractivity contribution is -0.163. The number of esters is 1. The van der Waals surface area contributed by atoms with E-state index in [1.807, 2.05) is 0 Å². The number of rotatable bonds is 6. The lowest BCUT2D eigenvalue weighted by Crippen LogP contribution is -2.43. The summed E-state index contributed by atoms with van der Waals surface area (Å²) in [5.74, 6) is -1.39. The predicted octanol–water partition coefficient (Wildman–Crippen LogP) is 2.52. The Morgan fingerprint density at radius 1 is 1.12 bits per heavy atom. The monoisotopic (exact) mass is 333 g/mol. The zero-order chi connectivity index (χ0) is 18.0. The van der Waals surface area contributed by atoms with Crippen molar-refractivity contribution in [1.29, 1.82) is 0 Å². The summed E-state index contributed by atoms with van der Waals surface area (Å²) in [6.07, 6.45) is 0.769. The Morgan fingerprint density at radius 2 is 1.71 bits per heavy atom. The van der Waals surface area contributed by atoms with Crippen molar-refractivity contribution in [3.63, 3.8) is 0 Å². The third-order valence-corrected chi connectivity index (χ3v) is 3.80. The molecule has 0 unspecified atom stereocenters. The van der Waals surface area contributed by atoms with E-state index in [4.69, 9.17) is 9.57 Å². The van der Waals surface area contributed by atoms with Crippen molar-refractivity contribution >= 4 is 17.7 Å². The number of ketones is 1. The molecule has 6 heteroatoms. The normalized spacial score (nSPS) is 15.7. The van der Waals surface area contributed by atoms with Gasteiger partial charge < -0.3 is 9.57 Å². The van der Waals surface area contributed by atoms with E-state index in [1.165, 1.54) is 5.06 Å². The van der Waals surface area contributed by atoms with E-state index in [0.29, 0.717) is 18.4 Å². The van der Waals surface area contributed by atoms with Crippen molar-refractivity contribution in [3.05, 3.63) is 35.9 Å². The maximum atomic E-state index is 12.4. The highest BCUT2D eigenvalue weighted by Crippen LogP contribution is 2.43. The van der Waals surface area contributed by atoms with Crippen molar-refractivity contribution in [1.82, 2.24) is 5.06 Å². The van der Waals surface area contributed by atoms with Crippen molar-refractivity contribution in [2.45, 2.75) is 51.2 Å². The van der Waals surface area contributed by atoms with Crippen LogP contribution >= 0.6 is 0 Å². The van der Waals surface area contributed by atoms with Gasteiger partial charge in [0.05, 0.1) is 5.56 Å². The smallest absolute Gasteiger partial charge is 0.357 e. The molecule has 1 aromatic carbocycles. The highest BCUT2D eigenvalue weighted by atomic mass is 16.7. The number of likely N-dealkylation sites (N-methyl/N-ethyl adjacent to an activating group) is 1. The first-order valence-corrected chi connectivity index (χ1v) is 7.90. The lowest BCUT2D eigenvalue weighted by atomic mass is 10.1. The van der Waals surface area contributed by atoms with Gasteiger partial charge in [0, 0.05) is 7.05 Å². The second kappa shape index (κ2) is 6.73. The molecule has 2 rings (SSSR count). The zero-order valence-electron chi connectivity index (χ0n) is 14.5. The van der Waals surface area contributed by atoms with E-state index < -0.39 is 23.1 Å². The number of hydroxylamine groups is 2. The van der Waals surface area contributed by atoms with Gasteiger partial charge in [0.1, 0.15) is 17.6 Å². The van der Waals surface area contributed by atoms with Gasteiger partial charge in [-0.1, -0.05) is 18.2 Å². The average molecular weight is 333 g/mol. The summed E-state index contributed by atoms with van der Waals surface area (Å²) in [6.45, 7) is 5.24. The van der Waals surface area contributed by atoms with Crippen LogP contribution in [-0.4, -0.2) is 41.0 Å². The summed E-state index contributed by atoms with van der Waals surface area (Å²) in [4.78, 5) is 41.7. The van der Waals surface area contributed by atoms with Gasteiger partial charge in [0.2, 0.25) is 0 Å². The molecule has 0 saturated heterocycles. The fraction of sp³-hybridized carbons (Fsp3) is 0.500. The number of carbonyl (C=O) groups excluding carboxylic acids is 3. The Hall–Kier alpha value is -2.21. The van der Waals surface area contributed by atoms with Gasteiger partial charge in [-0.3, -0.25) is 9.59 Å². The summed E-state index contributed by atoms with van der Waals surface area (Å²) in [5.41, 5.74) is -1.15. The minimum Gasteiger partial charge on any atom is -0.460 e. The number of Topliss-reactive ketones (excluding diaryl/α,β-unsaturated/α-hetero) is 1. The molecule has 0 aliphatic heterocycles. The molecule has 0 radical (unpaired) electrons. The second-order valence-electron chi connectivity index (χ2n) is 6.96. The summed E-state index contributed by atoms with van der Waals surface area (Å²) in [6, 6.07) is 8.54. The van der Waals surface area contributed by atoms with Crippen molar-refractivity contribution in [3.8, 4) is 0 Å². The largest absolute Gasteiger partial charge is 0.460 e. The van der Waals surface area contributed by atoms with Crippen LogP contribution in [0.2, 0.25) is 0 Å². The first-order valence-electron chi connectivity index (χ1n) is 7.90. The SMILES string of the molecule is CN(OC(=O)c1ccccc1)C1(C(=O)CC(=O)OC(C)(C)C)CC1. The Kier molecular flexibility index (Phi) is 5.08. The average Bonchev–Trinajstić information content (AvgIpc) is 3.27. The van der Waals surface area contributed by atoms with E-state index >= 15 is 0 Å². The maximum absolute atomic E-state index is 12.4. The standard InChI is InChI=1S/C18H23NO5/c1-17(2,3)23-15(21)12-14(20)18(10-11-18)19(4)24-16(22)13-8-6-5-7-9-13/h5-9H,10-12H2,1-4H3. The highest BCUT2D eigenvalue weighted by molar-refractivity contribution is 6.02. The molecule has 1 fully saturated rings. The molecule has 1 aromatic rings. The molecule has 24 heavy (non-hydrogen) atoms. The van der Waals surface area contributed by atoms with Gasteiger partial charge in [-0.25, -0.2) is 4.79 Å². The third kappa shape index (κ3) is 4.41. The van der Waals surface area contributed by atoms with Crippen LogP contribution in [0.3, 0.4) is 0 Å². The number of ether oxygens (including phenoxy) is 1. The Bertz CT molecular complexity index is 629. The molecule has 0 amide bonds. The van der Waals surface area contributed by atoms with Crippen LogP contribution in [0.1, 0.15) is 50.4 Å². The fourth-order valence-corrected chi connectivity index (χ4v) is 2.40. The number of hydrogen-bond acceptors (Lipinski definition) is 6. The van der Waals surface area contributed by atoms with E-state index in [1.54, 1.807) is 58.2 Å². The minimum absolute atomic E-state index is 0.292. The van der Waals surface area contributed by atoms with Crippen LogP contribution in [0.5, 0.6) is 0 Å². The van der Waals surface area contributed by atoms with Gasteiger partial charge >= 0.3 is 11.9 Å². The molecule has 0 heterocycles. The highest BCUT2D eigenvalue weighted by Gasteiger charge is 2.55.